The van der Waals surface area contributed by atoms with Crippen LogP contribution in [0.15, 0.2) is 12.2 Å². The molecule has 0 bridgehead atoms. The Hall–Kier alpha value is -0.0700. The summed E-state index contributed by atoms with van der Waals surface area (Å²) in [4.78, 5) is 0. The summed E-state index contributed by atoms with van der Waals surface area (Å²) in [7, 11) is 0. The summed E-state index contributed by atoms with van der Waals surface area (Å²) >= 11 is 1.90. The fourth-order valence-corrected chi connectivity index (χ4v) is 3.64. The van der Waals surface area contributed by atoms with Gasteiger partial charge in [0.05, 0.1) is 0 Å². The van der Waals surface area contributed by atoms with Crippen LogP contribution in [-0.2, 0) is 0 Å². The highest BCUT2D eigenvalue weighted by atomic mass is 32.2. The average Bonchev–Trinajstić information content (AvgIpc) is 2.68. The summed E-state index contributed by atoms with van der Waals surface area (Å²) in [6, 6.07) is 0. The SMILES string of the molecule is CCCCCCCCCCCCSNCCCNC/C=C/CNCCCN. The van der Waals surface area contributed by atoms with E-state index < -0.39 is 0 Å². The van der Waals surface area contributed by atoms with Crippen molar-refractivity contribution in [2.75, 3.05) is 45.0 Å². The molecule has 0 atom stereocenters. The van der Waals surface area contributed by atoms with E-state index in [1.54, 1.807) is 0 Å². The van der Waals surface area contributed by atoms with Gasteiger partial charge in [0.15, 0.2) is 0 Å². The van der Waals surface area contributed by atoms with Gasteiger partial charge in [0, 0.05) is 25.4 Å². The van der Waals surface area contributed by atoms with Crippen LogP contribution in [0.5, 0.6) is 0 Å². The molecule has 0 spiro atoms. The second-order valence-corrected chi connectivity index (χ2v) is 8.29. The summed E-state index contributed by atoms with van der Waals surface area (Å²) in [5, 5.41) is 6.79. The highest BCUT2D eigenvalue weighted by Gasteiger charge is 1.94. The topological polar surface area (TPSA) is 62.1 Å². The summed E-state index contributed by atoms with van der Waals surface area (Å²) < 4.78 is 3.49. The first kappa shape index (κ1) is 26.9. The fourth-order valence-electron chi connectivity index (χ4n) is 2.86. The van der Waals surface area contributed by atoms with Crippen LogP contribution in [0.25, 0.3) is 0 Å². The van der Waals surface area contributed by atoms with Gasteiger partial charge in [0.2, 0.25) is 0 Å². The minimum absolute atomic E-state index is 0.768. The third kappa shape index (κ3) is 25.9. The zero-order valence-corrected chi connectivity index (χ0v) is 18.9. The first-order chi connectivity index (χ1) is 13.4. The molecule has 0 saturated carbocycles. The molecule has 5 heteroatoms. The zero-order valence-electron chi connectivity index (χ0n) is 18.1. The van der Waals surface area contributed by atoms with E-state index in [4.69, 9.17) is 5.73 Å². The Kier molecular flexibility index (Phi) is 25.9. The Morgan fingerprint density at radius 3 is 1.81 bits per heavy atom. The largest absolute Gasteiger partial charge is 0.330 e. The molecule has 0 rings (SSSR count). The molecule has 0 aliphatic carbocycles. The first-order valence-corrected chi connectivity index (χ1v) is 12.5. The van der Waals surface area contributed by atoms with Gasteiger partial charge in [-0.05, 0) is 38.9 Å². The lowest BCUT2D eigenvalue weighted by atomic mass is 10.1. The van der Waals surface area contributed by atoms with Crippen LogP contribution in [0.4, 0.5) is 0 Å². The van der Waals surface area contributed by atoms with E-state index in [0.717, 1.165) is 45.7 Å². The molecule has 162 valence electrons. The molecule has 0 unspecified atom stereocenters. The lowest BCUT2D eigenvalue weighted by Crippen LogP contribution is -2.20. The van der Waals surface area contributed by atoms with Gasteiger partial charge in [-0.3, -0.25) is 4.72 Å². The van der Waals surface area contributed by atoms with Crippen LogP contribution in [0.2, 0.25) is 0 Å². The van der Waals surface area contributed by atoms with E-state index in [-0.39, 0.29) is 0 Å². The molecular weight excluding hydrogens is 352 g/mol. The number of nitrogens with two attached hydrogens (primary N) is 1. The molecule has 0 aromatic heterocycles. The van der Waals surface area contributed by atoms with Crippen LogP contribution in [0.1, 0.15) is 84.0 Å². The Bertz CT molecular complexity index is 287. The molecule has 0 aliphatic heterocycles. The maximum Gasteiger partial charge on any atom is 0.0135 e. The molecule has 0 radical (unpaired) electrons. The quantitative estimate of drug-likeness (QED) is 0.114. The van der Waals surface area contributed by atoms with Crippen molar-refractivity contribution < 1.29 is 0 Å². The maximum atomic E-state index is 5.45. The van der Waals surface area contributed by atoms with Gasteiger partial charge < -0.3 is 16.4 Å². The standard InChI is InChI=1S/C22H48N4S/c1-2-3-4-5-6-7-8-9-10-13-22-27-26-21-15-20-25-18-12-11-17-24-19-14-16-23/h11-12,24-26H,2-10,13-23H2,1H3/b12-11+. The highest BCUT2D eigenvalue weighted by molar-refractivity contribution is 7.97. The predicted molar refractivity (Wildman–Crippen MR) is 125 cm³/mol. The third-order valence-corrected chi connectivity index (χ3v) is 5.48. The van der Waals surface area contributed by atoms with Crippen molar-refractivity contribution in [2.24, 2.45) is 5.73 Å². The van der Waals surface area contributed by atoms with E-state index in [0.29, 0.717) is 0 Å². The number of nitrogens with one attached hydrogen (secondary N) is 3. The van der Waals surface area contributed by atoms with Crippen LogP contribution in [0.3, 0.4) is 0 Å². The molecular formula is C22H48N4S. The minimum Gasteiger partial charge on any atom is -0.330 e. The van der Waals surface area contributed by atoms with Crippen LogP contribution in [-0.4, -0.2) is 45.0 Å². The van der Waals surface area contributed by atoms with E-state index in [1.165, 1.54) is 76.4 Å². The normalized spacial score (nSPS) is 11.6. The molecule has 0 aliphatic rings. The fraction of sp³-hybridized carbons (Fsp3) is 0.909. The lowest BCUT2D eigenvalue weighted by molar-refractivity contribution is 0.563. The van der Waals surface area contributed by atoms with Gasteiger partial charge in [-0.2, -0.15) is 0 Å². The van der Waals surface area contributed by atoms with Crippen molar-refractivity contribution in [3.05, 3.63) is 12.2 Å². The number of hydrogen-bond acceptors (Lipinski definition) is 5. The number of hydrogen-bond donors (Lipinski definition) is 4. The molecule has 0 aromatic rings. The second kappa shape index (κ2) is 25.9. The van der Waals surface area contributed by atoms with Gasteiger partial charge in [-0.25, -0.2) is 0 Å². The summed E-state index contributed by atoms with van der Waals surface area (Å²) in [6.45, 7) is 8.15. The predicted octanol–water partition coefficient (Wildman–Crippen LogP) is 4.62. The molecule has 27 heavy (non-hydrogen) atoms. The summed E-state index contributed by atoms with van der Waals surface area (Å²) in [5.74, 6) is 1.25. The molecule has 0 fully saturated rings. The molecule has 4 nitrogen and oxygen atoms in total. The zero-order chi connectivity index (χ0) is 19.7. The van der Waals surface area contributed by atoms with Gasteiger partial charge in [-0.15, -0.1) is 0 Å². The second-order valence-electron chi connectivity index (χ2n) is 7.30. The Morgan fingerprint density at radius 2 is 1.22 bits per heavy atom. The van der Waals surface area contributed by atoms with E-state index in [9.17, 15) is 0 Å². The third-order valence-electron chi connectivity index (χ3n) is 4.58. The van der Waals surface area contributed by atoms with Crippen molar-refractivity contribution in [1.82, 2.24) is 15.4 Å². The summed E-state index contributed by atoms with van der Waals surface area (Å²) in [5.41, 5.74) is 5.45. The van der Waals surface area contributed by atoms with E-state index in [1.807, 2.05) is 11.9 Å². The number of unbranched alkanes of at least 4 members (excludes halogenated alkanes) is 9. The smallest absolute Gasteiger partial charge is 0.0135 e. The van der Waals surface area contributed by atoms with Gasteiger partial charge in [-0.1, -0.05) is 88.8 Å². The lowest BCUT2D eigenvalue weighted by Gasteiger charge is -2.05. The van der Waals surface area contributed by atoms with Gasteiger partial charge >= 0.3 is 0 Å². The van der Waals surface area contributed by atoms with Crippen molar-refractivity contribution in [1.29, 1.82) is 0 Å². The van der Waals surface area contributed by atoms with Crippen molar-refractivity contribution >= 4 is 11.9 Å². The first-order valence-electron chi connectivity index (χ1n) is 11.5. The molecule has 0 amide bonds. The van der Waals surface area contributed by atoms with Gasteiger partial charge in [0.25, 0.3) is 0 Å². The molecule has 0 saturated heterocycles. The Labute approximate surface area is 174 Å². The van der Waals surface area contributed by atoms with Crippen molar-refractivity contribution in [3.63, 3.8) is 0 Å². The van der Waals surface area contributed by atoms with Crippen molar-refractivity contribution in [2.45, 2.75) is 84.0 Å². The van der Waals surface area contributed by atoms with Crippen LogP contribution < -0.4 is 21.1 Å². The van der Waals surface area contributed by atoms with E-state index >= 15 is 0 Å². The summed E-state index contributed by atoms with van der Waals surface area (Å²) in [6.07, 6.45) is 20.8. The Morgan fingerprint density at radius 1 is 0.667 bits per heavy atom. The number of rotatable bonds is 23. The molecule has 5 N–H and O–H groups in total. The highest BCUT2D eigenvalue weighted by Crippen LogP contribution is 2.11. The minimum atomic E-state index is 0.768. The molecule has 0 aromatic carbocycles. The maximum absolute atomic E-state index is 5.45. The Balaban J connectivity index is 3.02. The van der Waals surface area contributed by atoms with Crippen molar-refractivity contribution in [3.8, 4) is 0 Å². The van der Waals surface area contributed by atoms with E-state index in [2.05, 4.69) is 34.4 Å². The molecule has 0 heterocycles. The monoisotopic (exact) mass is 400 g/mol. The van der Waals surface area contributed by atoms with Gasteiger partial charge in [0.1, 0.15) is 0 Å². The van der Waals surface area contributed by atoms with Crippen LogP contribution >= 0.6 is 11.9 Å². The average molecular weight is 401 g/mol. The van der Waals surface area contributed by atoms with Crippen LogP contribution in [0, 0.1) is 0 Å².